The maximum Gasteiger partial charge on any atom is 0.227 e. The molecule has 1 aromatic carbocycles. The molecule has 0 saturated carbocycles. The van der Waals surface area contributed by atoms with E-state index >= 15 is 0 Å². The van der Waals surface area contributed by atoms with Gasteiger partial charge in [-0.3, -0.25) is 4.79 Å². The summed E-state index contributed by atoms with van der Waals surface area (Å²) in [5.74, 6) is -0.173. The van der Waals surface area contributed by atoms with Gasteiger partial charge in [0.05, 0.1) is 13.5 Å². The lowest BCUT2D eigenvalue weighted by Crippen LogP contribution is -2.47. The number of nitrogens with one attached hydrogen (secondary N) is 1. The lowest BCUT2D eigenvalue weighted by atomic mass is 10.0. The van der Waals surface area contributed by atoms with Gasteiger partial charge in [-0.1, -0.05) is 6.07 Å². The van der Waals surface area contributed by atoms with Crippen molar-refractivity contribution in [2.45, 2.75) is 25.3 Å². The molecule has 1 aliphatic heterocycles. The summed E-state index contributed by atoms with van der Waals surface area (Å²) >= 11 is 0. The van der Waals surface area contributed by atoms with Crippen LogP contribution >= 0.6 is 0 Å². The molecule has 1 fully saturated rings. The van der Waals surface area contributed by atoms with Gasteiger partial charge in [-0.05, 0) is 37.6 Å². The molecule has 4 nitrogen and oxygen atoms in total. The van der Waals surface area contributed by atoms with E-state index in [2.05, 4.69) is 5.32 Å². The maximum atomic E-state index is 13.6. The highest BCUT2D eigenvalue weighted by molar-refractivity contribution is 5.79. The number of piperidine rings is 1. The Balaban J connectivity index is 1.98. The van der Waals surface area contributed by atoms with Crippen LogP contribution in [0.2, 0.25) is 0 Å². The molecule has 0 aliphatic carbocycles. The minimum atomic E-state index is -0.426. The maximum absolute atomic E-state index is 13.6. The number of hydrogen-bond donors (Lipinski definition) is 1. The molecule has 20 heavy (non-hydrogen) atoms. The first-order valence-corrected chi connectivity index (χ1v) is 6.91. The molecule has 1 heterocycles. The van der Waals surface area contributed by atoms with Crippen LogP contribution < -0.4 is 10.1 Å². The fourth-order valence-electron chi connectivity index (χ4n) is 2.55. The molecule has 0 bridgehead atoms. The molecule has 1 atom stereocenters. The average Bonchev–Trinajstić information content (AvgIpc) is 2.47. The van der Waals surface area contributed by atoms with Crippen LogP contribution in [-0.4, -0.2) is 44.1 Å². The van der Waals surface area contributed by atoms with Crippen LogP contribution in [-0.2, 0) is 11.2 Å². The Labute approximate surface area is 118 Å². The van der Waals surface area contributed by atoms with Crippen LogP contribution in [0, 0.1) is 5.82 Å². The second-order valence-corrected chi connectivity index (χ2v) is 5.11. The summed E-state index contributed by atoms with van der Waals surface area (Å²) < 4.78 is 18.5. The van der Waals surface area contributed by atoms with E-state index in [1.807, 2.05) is 11.9 Å². The van der Waals surface area contributed by atoms with Crippen LogP contribution in [0.1, 0.15) is 18.4 Å². The third-order valence-corrected chi connectivity index (χ3v) is 3.75. The zero-order valence-electron chi connectivity index (χ0n) is 12.0. The average molecular weight is 280 g/mol. The number of carbonyl (C=O) groups excluding carboxylic acids is 1. The molecule has 1 aliphatic rings. The molecule has 1 unspecified atom stereocenters. The number of methoxy groups -OCH3 is 1. The van der Waals surface area contributed by atoms with Crippen molar-refractivity contribution in [2.75, 3.05) is 27.2 Å². The highest BCUT2D eigenvalue weighted by atomic mass is 19.1. The lowest BCUT2D eigenvalue weighted by molar-refractivity contribution is -0.131. The molecule has 2 rings (SSSR count). The van der Waals surface area contributed by atoms with Gasteiger partial charge in [0.25, 0.3) is 0 Å². The summed E-state index contributed by atoms with van der Waals surface area (Å²) in [5, 5.41) is 3.21. The first kappa shape index (κ1) is 14.8. The van der Waals surface area contributed by atoms with Crippen LogP contribution in [0.25, 0.3) is 0 Å². The minimum Gasteiger partial charge on any atom is -0.494 e. The minimum absolute atomic E-state index is 0.0505. The van der Waals surface area contributed by atoms with Crippen LogP contribution in [0.3, 0.4) is 0 Å². The summed E-state index contributed by atoms with van der Waals surface area (Å²) in [6, 6.07) is 5.03. The first-order valence-electron chi connectivity index (χ1n) is 6.91. The summed E-state index contributed by atoms with van der Waals surface area (Å²) in [7, 11) is 3.34. The first-order chi connectivity index (χ1) is 9.63. The second kappa shape index (κ2) is 6.70. The van der Waals surface area contributed by atoms with Crippen molar-refractivity contribution in [2.24, 2.45) is 0 Å². The molecule has 1 aromatic rings. The predicted molar refractivity (Wildman–Crippen MR) is 75.3 cm³/mol. The van der Waals surface area contributed by atoms with E-state index in [1.54, 1.807) is 12.1 Å². The van der Waals surface area contributed by atoms with Gasteiger partial charge in [-0.15, -0.1) is 0 Å². The van der Waals surface area contributed by atoms with Crippen molar-refractivity contribution in [3.63, 3.8) is 0 Å². The Kier molecular flexibility index (Phi) is 4.95. The molecule has 1 amide bonds. The number of nitrogens with zero attached hydrogens (tertiary/aromatic N) is 1. The third kappa shape index (κ3) is 3.48. The number of halogens is 1. The highest BCUT2D eigenvalue weighted by Crippen LogP contribution is 2.19. The van der Waals surface area contributed by atoms with Crippen LogP contribution in [0.4, 0.5) is 4.39 Å². The summed E-state index contributed by atoms with van der Waals surface area (Å²) in [4.78, 5) is 14.1. The van der Waals surface area contributed by atoms with E-state index in [4.69, 9.17) is 4.74 Å². The van der Waals surface area contributed by atoms with E-state index in [1.165, 1.54) is 13.2 Å². The zero-order valence-corrected chi connectivity index (χ0v) is 12.0. The van der Waals surface area contributed by atoms with Gasteiger partial charge in [0.15, 0.2) is 11.6 Å². The quantitative estimate of drug-likeness (QED) is 0.910. The Morgan fingerprint density at radius 3 is 3.00 bits per heavy atom. The monoisotopic (exact) mass is 280 g/mol. The molecule has 1 saturated heterocycles. The standard InChI is InChI=1S/C15H21FN2O2/c1-17-12-4-3-7-18(10-12)15(19)9-11-5-6-14(20-2)13(16)8-11/h5-6,8,12,17H,3-4,7,9-10H2,1-2H3. The van der Waals surface area contributed by atoms with Gasteiger partial charge in [-0.2, -0.15) is 0 Å². The smallest absolute Gasteiger partial charge is 0.227 e. The molecular formula is C15H21FN2O2. The number of amides is 1. The van der Waals surface area contributed by atoms with Gasteiger partial charge in [0, 0.05) is 19.1 Å². The van der Waals surface area contributed by atoms with E-state index < -0.39 is 5.82 Å². The summed E-state index contributed by atoms with van der Waals surface area (Å²) in [5.41, 5.74) is 0.680. The predicted octanol–water partition coefficient (Wildman–Crippen LogP) is 1.59. The van der Waals surface area contributed by atoms with Crippen molar-refractivity contribution in [1.82, 2.24) is 10.2 Å². The number of likely N-dealkylation sites (tertiary alicyclic amines) is 1. The SMILES string of the molecule is CNC1CCCN(C(=O)Cc2ccc(OC)c(F)c2)C1. The largest absolute Gasteiger partial charge is 0.494 e. The Morgan fingerprint density at radius 2 is 2.35 bits per heavy atom. The van der Waals surface area contributed by atoms with E-state index in [9.17, 15) is 9.18 Å². The zero-order chi connectivity index (χ0) is 14.5. The fourth-order valence-corrected chi connectivity index (χ4v) is 2.55. The Bertz CT molecular complexity index is 479. The molecule has 0 radical (unpaired) electrons. The van der Waals surface area contributed by atoms with Crippen molar-refractivity contribution in [3.8, 4) is 5.75 Å². The topological polar surface area (TPSA) is 41.6 Å². The second-order valence-electron chi connectivity index (χ2n) is 5.11. The normalized spacial score (nSPS) is 18.9. The number of carbonyl (C=O) groups is 1. The molecule has 5 heteroatoms. The van der Waals surface area contributed by atoms with E-state index in [0.717, 1.165) is 25.9 Å². The van der Waals surface area contributed by atoms with Gasteiger partial charge in [-0.25, -0.2) is 4.39 Å². The molecular weight excluding hydrogens is 259 g/mol. The van der Waals surface area contributed by atoms with Crippen molar-refractivity contribution >= 4 is 5.91 Å². The van der Waals surface area contributed by atoms with Crippen molar-refractivity contribution in [1.29, 1.82) is 0 Å². The van der Waals surface area contributed by atoms with Gasteiger partial charge >= 0.3 is 0 Å². The van der Waals surface area contributed by atoms with Crippen LogP contribution in [0.5, 0.6) is 5.75 Å². The van der Waals surface area contributed by atoms with E-state index in [0.29, 0.717) is 11.6 Å². The summed E-state index contributed by atoms with van der Waals surface area (Å²) in [6.07, 6.45) is 2.34. The van der Waals surface area contributed by atoms with Crippen molar-refractivity contribution in [3.05, 3.63) is 29.6 Å². The molecule has 0 spiro atoms. The van der Waals surface area contributed by atoms with Gasteiger partial charge in [0.2, 0.25) is 5.91 Å². The summed E-state index contributed by atoms with van der Waals surface area (Å²) in [6.45, 7) is 1.52. The third-order valence-electron chi connectivity index (χ3n) is 3.75. The highest BCUT2D eigenvalue weighted by Gasteiger charge is 2.22. The van der Waals surface area contributed by atoms with Crippen LogP contribution in [0.15, 0.2) is 18.2 Å². The fraction of sp³-hybridized carbons (Fsp3) is 0.533. The lowest BCUT2D eigenvalue weighted by Gasteiger charge is -2.32. The molecule has 0 aromatic heterocycles. The number of benzene rings is 1. The Morgan fingerprint density at radius 1 is 1.55 bits per heavy atom. The Hall–Kier alpha value is -1.62. The molecule has 1 N–H and O–H groups in total. The molecule has 110 valence electrons. The number of ether oxygens (including phenoxy) is 1. The van der Waals surface area contributed by atoms with Crippen molar-refractivity contribution < 1.29 is 13.9 Å². The van der Waals surface area contributed by atoms with Gasteiger partial charge in [0.1, 0.15) is 0 Å². The van der Waals surface area contributed by atoms with Gasteiger partial charge < -0.3 is 15.0 Å². The van der Waals surface area contributed by atoms with E-state index in [-0.39, 0.29) is 18.1 Å². The number of hydrogen-bond acceptors (Lipinski definition) is 3. The number of rotatable bonds is 4. The number of likely N-dealkylation sites (N-methyl/N-ethyl adjacent to an activating group) is 1.